The lowest BCUT2D eigenvalue weighted by atomic mass is 10.1. The number of nitrogens with zero attached hydrogens (tertiary/aromatic N) is 3. The molecule has 2 rings (SSSR count). The lowest BCUT2D eigenvalue weighted by molar-refractivity contribution is -0.140. The molecular weight excluding hydrogens is 434 g/mol. The average molecular weight is 457 g/mol. The average Bonchev–Trinajstić information content (AvgIpc) is 2.80. The molecule has 0 saturated carbocycles. The topological polar surface area (TPSA) is 209 Å². The SMILES string of the molecule is CN=C(N)Nc1ncc(CNc2ccc(C(=O)N[C@@H](CCC(=O)O)C(=O)O)cc2)nc1C=O. The molecule has 0 radical (unpaired) electrons. The minimum Gasteiger partial charge on any atom is -0.481 e. The van der Waals surface area contributed by atoms with Gasteiger partial charge in [-0.2, -0.15) is 0 Å². The molecule has 7 N–H and O–H groups in total. The third-order valence-electron chi connectivity index (χ3n) is 4.32. The van der Waals surface area contributed by atoms with Crippen molar-refractivity contribution in [1.29, 1.82) is 0 Å². The lowest BCUT2D eigenvalue weighted by Gasteiger charge is -2.14. The van der Waals surface area contributed by atoms with Crippen LogP contribution in [0.1, 0.15) is 39.4 Å². The number of guanidine groups is 1. The van der Waals surface area contributed by atoms with Crippen molar-refractivity contribution in [3.8, 4) is 0 Å². The Morgan fingerprint density at radius 3 is 2.48 bits per heavy atom. The van der Waals surface area contributed by atoms with Gasteiger partial charge in [0.05, 0.1) is 18.4 Å². The predicted molar refractivity (Wildman–Crippen MR) is 118 cm³/mol. The van der Waals surface area contributed by atoms with Gasteiger partial charge in [0.15, 0.2) is 18.1 Å². The molecule has 0 unspecified atom stereocenters. The van der Waals surface area contributed by atoms with Crippen LogP contribution in [0.15, 0.2) is 35.5 Å². The molecule has 0 spiro atoms. The number of carbonyl (C=O) groups excluding carboxylic acids is 2. The first-order valence-electron chi connectivity index (χ1n) is 9.63. The van der Waals surface area contributed by atoms with Gasteiger partial charge >= 0.3 is 11.9 Å². The van der Waals surface area contributed by atoms with Gasteiger partial charge in [0.1, 0.15) is 11.7 Å². The predicted octanol–water partition coefficient (Wildman–Crippen LogP) is 0.305. The van der Waals surface area contributed by atoms with Gasteiger partial charge in [0.2, 0.25) is 0 Å². The van der Waals surface area contributed by atoms with E-state index in [-0.39, 0.29) is 42.4 Å². The number of aldehydes is 1. The van der Waals surface area contributed by atoms with Crippen LogP contribution >= 0.6 is 0 Å². The minimum atomic E-state index is -1.32. The summed E-state index contributed by atoms with van der Waals surface area (Å²) in [6, 6.07) is 4.86. The molecule has 0 aliphatic heterocycles. The van der Waals surface area contributed by atoms with Crippen LogP contribution in [0.4, 0.5) is 11.5 Å². The fourth-order valence-corrected chi connectivity index (χ4v) is 2.58. The number of aromatic nitrogens is 2. The Morgan fingerprint density at radius 2 is 1.91 bits per heavy atom. The van der Waals surface area contributed by atoms with Gasteiger partial charge in [-0.25, -0.2) is 14.8 Å². The van der Waals surface area contributed by atoms with E-state index in [4.69, 9.17) is 15.9 Å². The molecule has 0 fully saturated rings. The normalized spacial score (nSPS) is 11.8. The van der Waals surface area contributed by atoms with Crippen molar-refractivity contribution >= 4 is 41.6 Å². The number of nitrogens with two attached hydrogens (primary N) is 1. The molecule has 0 saturated heterocycles. The zero-order valence-corrected chi connectivity index (χ0v) is 17.6. The monoisotopic (exact) mass is 457 g/mol. The van der Waals surface area contributed by atoms with Gasteiger partial charge in [-0.15, -0.1) is 0 Å². The van der Waals surface area contributed by atoms with E-state index in [2.05, 4.69) is 30.9 Å². The van der Waals surface area contributed by atoms with E-state index in [0.29, 0.717) is 17.7 Å². The second-order valence-corrected chi connectivity index (χ2v) is 6.67. The van der Waals surface area contributed by atoms with Crippen molar-refractivity contribution < 1.29 is 29.4 Å². The zero-order chi connectivity index (χ0) is 24.4. The Balaban J connectivity index is 1.99. The van der Waals surface area contributed by atoms with E-state index in [1.807, 2.05) is 0 Å². The van der Waals surface area contributed by atoms with E-state index in [0.717, 1.165) is 0 Å². The molecule has 2 aromatic rings. The fourth-order valence-electron chi connectivity index (χ4n) is 2.58. The van der Waals surface area contributed by atoms with E-state index in [1.165, 1.54) is 25.4 Å². The molecule has 13 nitrogen and oxygen atoms in total. The van der Waals surface area contributed by atoms with Gasteiger partial charge in [-0.1, -0.05) is 0 Å². The van der Waals surface area contributed by atoms with Gasteiger partial charge < -0.3 is 31.9 Å². The number of carboxylic acid groups (broad SMARTS) is 2. The number of carboxylic acids is 2. The Morgan fingerprint density at radius 1 is 1.21 bits per heavy atom. The maximum atomic E-state index is 12.3. The summed E-state index contributed by atoms with van der Waals surface area (Å²) < 4.78 is 0. The quantitative estimate of drug-likeness (QED) is 0.153. The zero-order valence-electron chi connectivity index (χ0n) is 17.6. The summed E-state index contributed by atoms with van der Waals surface area (Å²) in [4.78, 5) is 57.4. The van der Waals surface area contributed by atoms with Crippen LogP contribution in [0.2, 0.25) is 0 Å². The third-order valence-corrected chi connectivity index (χ3v) is 4.32. The second kappa shape index (κ2) is 11.7. The number of anilines is 2. The summed E-state index contributed by atoms with van der Waals surface area (Å²) in [6.45, 7) is 0.229. The number of aliphatic imine (C=N–C) groups is 1. The molecule has 0 aliphatic rings. The van der Waals surface area contributed by atoms with Crippen molar-refractivity contribution in [2.24, 2.45) is 10.7 Å². The summed E-state index contributed by atoms with van der Waals surface area (Å²) in [5.74, 6) is -2.85. The van der Waals surface area contributed by atoms with Crippen molar-refractivity contribution in [1.82, 2.24) is 15.3 Å². The Labute approximate surface area is 188 Å². The number of nitrogens with one attached hydrogen (secondary N) is 3. The number of hydrogen-bond donors (Lipinski definition) is 6. The first-order chi connectivity index (χ1) is 15.7. The molecule has 0 aliphatic carbocycles. The second-order valence-electron chi connectivity index (χ2n) is 6.67. The molecular formula is C20H23N7O6. The molecule has 1 amide bonds. The third kappa shape index (κ3) is 7.57. The largest absolute Gasteiger partial charge is 0.481 e. The van der Waals surface area contributed by atoms with Crippen molar-refractivity contribution in [3.63, 3.8) is 0 Å². The highest BCUT2D eigenvalue weighted by Gasteiger charge is 2.21. The van der Waals surface area contributed by atoms with Crippen LogP contribution in [-0.4, -0.2) is 63.4 Å². The number of hydrogen-bond acceptors (Lipinski definition) is 8. The van der Waals surface area contributed by atoms with Crippen LogP contribution in [0, 0.1) is 0 Å². The minimum absolute atomic E-state index is 0.0591. The van der Waals surface area contributed by atoms with E-state index in [1.54, 1.807) is 12.1 Å². The first kappa shape index (κ1) is 24.7. The molecule has 33 heavy (non-hydrogen) atoms. The maximum absolute atomic E-state index is 12.3. The van der Waals surface area contributed by atoms with Gasteiger partial charge in [0, 0.05) is 24.7 Å². The Bertz CT molecular complexity index is 1060. The molecule has 13 heteroatoms. The number of rotatable bonds is 11. The fraction of sp³-hybridized carbons (Fsp3) is 0.250. The van der Waals surface area contributed by atoms with E-state index >= 15 is 0 Å². The van der Waals surface area contributed by atoms with Crippen LogP contribution in [0.3, 0.4) is 0 Å². The first-order valence-corrected chi connectivity index (χ1v) is 9.63. The summed E-state index contributed by atoms with van der Waals surface area (Å²) >= 11 is 0. The summed E-state index contributed by atoms with van der Waals surface area (Å²) in [5, 5.41) is 25.9. The molecule has 1 atom stereocenters. The van der Waals surface area contributed by atoms with Gasteiger partial charge in [-0.05, 0) is 30.7 Å². The van der Waals surface area contributed by atoms with Crippen LogP contribution < -0.4 is 21.7 Å². The van der Waals surface area contributed by atoms with Crippen LogP contribution in [0.25, 0.3) is 0 Å². The summed E-state index contributed by atoms with van der Waals surface area (Å²) in [5.41, 5.74) is 6.93. The van der Waals surface area contributed by atoms with Crippen LogP contribution in [0.5, 0.6) is 0 Å². The number of aliphatic carboxylic acids is 2. The number of amides is 1. The lowest BCUT2D eigenvalue weighted by Crippen LogP contribution is -2.41. The van der Waals surface area contributed by atoms with E-state index in [9.17, 15) is 19.2 Å². The Hall–Kier alpha value is -4.55. The summed E-state index contributed by atoms with van der Waals surface area (Å²) in [7, 11) is 1.48. The van der Waals surface area contributed by atoms with Crippen molar-refractivity contribution in [3.05, 3.63) is 47.4 Å². The summed E-state index contributed by atoms with van der Waals surface area (Å²) in [6.07, 6.45) is 1.38. The molecule has 174 valence electrons. The van der Waals surface area contributed by atoms with E-state index < -0.39 is 23.9 Å². The smallest absolute Gasteiger partial charge is 0.326 e. The molecule has 1 aromatic heterocycles. The molecule has 1 heterocycles. The van der Waals surface area contributed by atoms with Gasteiger partial charge in [-0.3, -0.25) is 19.4 Å². The molecule has 0 bridgehead atoms. The number of benzene rings is 1. The number of carbonyl (C=O) groups is 4. The highest BCUT2D eigenvalue weighted by molar-refractivity contribution is 5.97. The highest BCUT2D eigenvalue weighted by Crippen LogP contribution is 2.13. The Kier molecular flexibility index (Phi) is 8.79. The van der Waals surface area contributed by atoms with Gasteiger partial charge in [0.25, 0.3) is 5.91 Å². The standard InChI is InChI=1S/C20H23N7O6/c1-22-20(21)27-17-15(10-28)25-13(9-24-17)8-23-12-4-2-11(3-5-12)18(31)26-14(19(32)33)6-7-16(29)30/h2-5,9-10,14,23H,6-8H2,1H3,(H,26,31)(H,29,30)(H,32,33)(H3,21,22,24,27)/t14-/m0/s1. The highest BCUT2D eigenvalue weighted by atomic mass is 16.4. The molecule has 1 aromatic carbocycles. The maximum Gasteiger partial charge on any atom is 0.326 e. The van der Waals surface area contributed by atoms with Crippen molar-refractivity contribution in [2.75, 3.05) is 17.7 Å². The van der Waals surface area contributed by atoms with Crippen molar-refractivity contribution in [2.45, 2.75) is 25.4 Å². The van der Waals surface area contributed by atoms with Crippen LogP contribution in [-0.2, 0) is 16.1 Å².